The number of para-hydroxylation sites is 1. The zero-order valence-electron chi connectivity index (χ0n) is 11.1. The third-order valence-corrected chi connectivity index (χ3v) is 4.57. The largest absolute Gasteiger partial charge is 0.490 e. The van der Waals surface area contributed by atoms with Crippen LogP contribution in [0.25, 0.3) is 0 Å². The second-order valence-corrected chi connectivity index (χ2v) is 5.81. The van der Waals surface area contributed by atoms with Crippen LogP contribution < -0.4 is 4.74 Å². The molecule has 1 aliphatic heterocycles. The van der Waals surface area contributed by atoms with Crippen molar-refractivity contribution in [3.63, 3.8) is 0 Å². The summed E-state index contributed by atoms with van der Waals surface area (Å²) in [7, 11) is 0. The molecule has 1 nitrogen and oxygen atoms in total. The minimum atomic E-state index is -0.132. The number of hydrogen-bond donors (Lipinski definition) is 0. The molecule has 0 aliphatic carbocycles. The topological polar surface area (TPSA) is 9.23 Å². The van der Waals surface area contributed by atoms with Crippen LogP contribution in [0.15, 0.2) is 48.5 Å². The molecule has 0 amide bonds. The third-order valence-electron chi connectivity index (χ3n) is 3.79. The first-order valence-corrected chi connectivity index (χ1v) is 7.95. The molecule has 2 aromatic rings. The molecule has 2 atom stereocenters. The quantitative estimate of drug-likeness (QED) is 0.736. The van der Waals surface area contributed by atoms with Crippen LogP contribution in [0.3, 0.4) is 0 Å². The van der Waals surface area contributed by atoms with Crippen LogP contribution in [-0.2, 0) is 6.42 Å². The van der Waals surface area contributed by atoms with Crippen LogP contribution >= 0.6 is 15.9 Å². The highest BCUT2D eigenvalue weighted by Crippen LogP contribution is 2.34. The van der Waals surface area contributed by atoms with Gasteiger partial charge < -0.3 is 4.74 Å². The number of hydrogen-bond acceptors (Lipinski definition) is 1. The van der Waals surface area contributed by atoms with E-state index >= 15 is 0 Å². The molecule has 0 aromatic heterocycles. The van der Waals surface area contributed by atoms with Gasteiger partial charge in [0.25, 0.3) is 0 Å². The van der Waals surface area contributed by atoms with E-state index in [1.165, 1.54) is 11.6 Å². The average Bonchev–Trinajstić information content (AvgIpc) is 2.88. The maximum absolute atomic E-state index is 13.9. The maximum atomic E-state index is 13.9. The minimum absolute atomic E-state index is 0.132. The predicted octanol–water partition coefficient (Wildman–Crippen LogP) is 4.70. The van der Waals surface area contributed by atoms with Gasteiger partial charge in [-0.25, -0.2) is 4.39 Å². The molecular weight excluding hydrogens is 319 g/mol. The number of fused-ring (bicyclic) bond motifs is 1. The molecular formula is C17H16BrFO. The zero-order valence-corrected chi connectivity index (χ0v) is 12.6. The van der Waals surface area contributed by atoms with Crippen LogP contribution in [0.4, 0.5) is 4.39 Å². The maximum Gasteiger partial charge on any atom is 0.126 e. The number of rotatable bonds is 4. The van der Waals surface area contributed by atoms with E-state index in [9.17, 15) is 4.39 Å². The Labute approximate surface area is 126 Å². The molecule has 0 saturated heterocycles. The highest BCUT2D eigenvalue weighted by Gasteiger charge is 2.26. The fraction of sp³-hybridized carbons (Fsp3) is 0.294. The Balaban J connectivity index is 1.73. The van der Waals surface area contributed by atoms with Crippen LogP contribution in [0.2, 0.25) is 0 Å². The Morgan fingerprint density at radius 3 is 2.65 bits per heavy atom. The van der Waals surface area contributed by atoms with Gasteiger partial charge in [-0.05, 0) is 35.6 Å². The SMILES string of the molecule is Fc1ccccc1C(CBr)CC1Cc2ccccc2O1. The lowest BCUT2D eigenvalue weighted by atomic mass is 9.93. The molecule has 0 spiro atoms. The molecule has 0 N–H and O–H groups in total. The summed E-state index contributed by atoms with van der Waals surface area (Å²) in [6.07, 6.45) is 1.86. The van der Waals surface area contributed by atoms with Gasteiger partial charge in [-0.3, -0.25) is 0 Å². The van der Waals surface area contributed by atoms with Gasteiger partial charge in [-0.2, -0.15) is 0 Å². The first-order valence-electron chi connectivity index (χ1n) is 6.83. The van der Waals surface area contributed by atoms with Gasteiger partial charge in [0, 0.05) is 11.8 Å². The molecule has 20 heavy (non-hydrogen) atoms. The average molecular weight is 335 g/mol. The van der Waals surface area contributed by atoms with Gasteiger partial charge in [-0.15, -0.1) is 0 Å². The number of ether oxygens (including phenoxy) is 1. The van der Waals surface area contributed by atoms with Crippen molar-refractivity contribution in [3.8, 4) is 5.75 Å². The molecule has 3 rings (SSSR count). The lowest BCUT2D eigenvalue weighted by Crippen LogP contribution is -2.18. The molecule has 0 fully saturated rings. The van der Waals surface area contributed by atoms with Gasteiger partial charge in [0.15, 0.2) is 0 Å². The Morgan fingerprint density at radius 2 is 1.90 bits per heavy atom. The standard InChI is InChI=1S/C17H16BrFO/c18-11-13(15-6-2-3-7-16(15)19)10-14-9-12-5-1-4-8-17(12)20-14/h1-8,13-14H,9-11H2. The van der Waals surface area contributed by atoms with Gasteiger partial charge in [-0.1, -0.05) is 52.3 Å². The van der Waals surface area contributed by atoms with E-state index in [0.29, 0.717) is 0 Å². The van der Waals surface area contributed by atoms with Crippen molar-refractivity contribution < 1.29 is 9.13 Å². The van der Waals surface area contributed by atoms with E-state index in [-0.39, 0.29) is 17.8 Å². The van der Waals surface area contributed by atoms with Gasteiger partial charge in [0.1, 0.15) is 17.7 Å². The fourth-order valence-electron chi connectivity index (χ4n) is 2.78. The highest BCUT2D eigenvalue weighted by atomic mass is 79.9. The van der Waals surface area contributed by atoms with Crippen molar-refractivity contribution in [3.05, 3.63) is 65.5 Å². The summed E-state index contributed by atoms with van der Waals surface area (Å²) in [5, 5.41) is 0.740. The van der Waals surface area contributed by atoms with Crippen LogP contribution in [0.1, 0.15) is 23.5 Å². The van der Waals surface area contributed by atoms with E-state index in [2.05, 4.69) is 22.0 Å². The van der Waals surface area contributed by atoms with Crippen LogP contribution in [0, 0.1) is 5.82 Å². The summed E-state index contributed by atoms with van der Waals surface area (Å²) in [4.78, 5) is 0. The molecule has 1 heterocycles. The molecule has 0 saturated carbocycles. The van der Waals surface area contributed by atoms with E-state index in [1.807, 2.05) is 30.3 Å². The third kappa shape index (κ3) is 2.73. The fourth-order valence-corrected chi connectivity index (χ4v) is 3.40. The summed E-state index contributed by atoms with van der Waals surface area (Å²) < 4.78 is 19.9. The van der Waals surface area contributed by atoms with Crippen molar-refractivity contribution in [1.82, 2.24) is 0 Å². The highest BCUT2D eigenvalue weighted by molar-refractivity contribution is 9.09. The van der Waals surface area contributed by atoms with E-state index in [1.54, 1.807) is 6.07 Å². The Hall–Kier alpha value is -1.35. The van der Waals surface area contributed by atoms with Crippen LogP contribution in [0.5, 0.6) is 5.75 Å². The van der Waals surface area contributed by atoms with Crippen molar-refractivity contribution >= 4 is 15.9 Å². The zero-order chi connectivity index (χ0) is 13.9. The summed E-state index contributed by atoms with van der Waals surface area (Å²) in [5.74, 6) is 0.974. The normalized spacial score (nSPS) is 18.4. The van der Waals surface area contributed by atoms with Crippen LogP contribution in [-0.4, -0.2) is 11.4 Å². The molecule has 2 aromatic carbocycles. The van der Waals surface area contributed by atoms with E-state index in [4.69, 9.17) is 4.74 Å². The van der Waals surface area contributed by atoms with E-state index in [0.717, 1.165) is 29.5 Å². The molecule has 0 bridgehead atoms. The summed E-state index contributed by atoms with van der Waals surface area (Å²) in [6.45, 7) is 0. The van der Waals surface area contributed by atoms with Crippen molar-refractivity contribution in [2.45, 2.75) is 24.9 Å². The molecule has 0 radical (unpaired) electrons. The van der Waals surface area contributed by atoms with Crippen molar-refractivity contribution in [2.24, 2.45) is 0 Å². The number of halogens is 2. The summed E-state index contributed by atoms with van der Waals surface area (Å²) in [5.41, 5.74) is 2.02. The summed E-state index contributed by atoms with van der Waals surface area (Å²) in [6, 6.07) is 15.1. The van der Waals surface area contributed by atoms with E-state index < -0.39 is 0 Å². The second kappa shape index (κ2) is 5.96. The van der Waals surface area contributed by atoms with Crippen molar-refractivity contribution in [1.29, 1.82) is 0 Å². The lowest BCUT2D eigenvalue weighted by molar-refractivity contribution is 0.212. The number of benzene rings is 2. The molecule has 2 unspecified atom stereocenters. The summed E-state index contributed by atoms with van der Waals surface area (Å²) >= 11 is 3.51. The Kier molecular flexibility index (Phi) is 4.06. The van der Waals surface area contributed by atoms with Gasteiger partial charge in [0.05, 0.1) is 0 Å². The molecule has 104 valence electrons. The first kappa shape index (κ1) is 13.6. The number of alkyl halides is 1. The van der Waals surface area contributed by atoms with Gasteiger partial charge in [0.2, 0.25) is 0 Å². The minimum Gasteiger partial charge on any atom is -0.490 e. The monoisotopic (exact) mass is 334 g/mol. The Bertz CT molecular complexity index is 574. The lowest BCUT2D eigenvalue weighted by Gasteiger charge is -2.19. The van der Waals surface area contributed by atoms with Crippen molar-refractivity contribution in [2.75, 3.05) is 5.33 Å². The smallest absolute Gasteiger partial charge is 0.126 e. The molecule has 1 aliphatic rings. The van der Waals surface area contributed by atoms with Gasteiger partial charge >= 0.3 is 0 Å². The first-order chi connectivity index (χ1) is 9.78. The Morgan fingerprint density at radius 1 is 1.15 bits per heavy atom. The second-order valence-electron chi connectivity index (χ2n) is 5.16. The molecule has 3 heteroatoms. The predicted molar refractivity (Wildman–Crippen MR) is 82.1 cm³/mol.